The highest BCUT2D eigenvalue weighted by Gasteiger charge is 2.07. The predicted molar refractivity (Wildman–Crippen MR) is 73.6 cm³/mol. The number of hydrogen-bond acceptors (Lipinski definition) is 2. The van der Waals surface area contributed by atoms with E-state index in [9.17, 15) is 9.18 Å². The highest BCUT2D eigenvalue weighted by molar-refractivity contribution is 9.10. The third-order valence-corrected chi connectivity index (χ3v) is 3.35. The van der Waals surface area contributed by atoms with E-state index in [-0.39, 0.29) is 17.8 Å². The molecule has 0 fully saturated rings. The van der Waals surface area contributed by atoms with Crippen molar-refractivity contribution in [3.8, 4) is 0 Å². The standard InChI is InChI=1S/C13H18BrFN2O/c1-9(17-7-3-2-4-13(16)18)10-5-6-12(15)11(14)8-10/h5-6,8-9,17H,2-4,7H2,1H3,(H2,16,18). The van der Waals surface area contributed by atoms with Gasteiger partial charge in [-0.25, -0.2) is 4.39 Å². The van der Waals surface area contributed by atoms with Crippen LogP contribution in [0.1, 0.15) is 37.8 Å². The number of carbonyl (C=O) groups is 1. The molecule has 100 valence electrons. The third kappa shape index (κ3) is 5.14. The maximum Gasteiger partial charge on any atom is 0.217 e. The van der Waals surface area contributed by atoms with Gasteiger partial charge in [-0.15, -0.1) is 0 Å². The molecule has 1 unspecified atom stereocenters. The van der Waals surface area contributed by atoms with Crippen LogP contribution >= 0.6 is 15.9 Å². The van der Waals surface area contributed by atoms with Crippen LogP contribution in [0.3, 0.4) is 0 Å². The van der Waals surface area contributed by atoms with Gasteiger partial charge in [0.05, 0.1) is 4.47 Å². The van der Waals surface area contributed by atoms with Crippen molar-refractivity contribution in [2.45, 2.75) is 32.2 Å². The first-order valence-electron chi connectivity index (χ1n) is 5.97. The molecule has 0 aliphatic carbocycles. The van der Waals surface area contributed by atoms with Gasteiger partial charge in [0.2, 0.25) is 5.91 Å². The topological polar surface area (TPSA) is 55.1 Å². The van der Waals surface area contributed by atoms with E-state index in [2.05, 4.69) is 21.2 Å². The predicted octanol–water partition coefficient (Wildman–Crippen LogP) is 2.89. The van der Waals surface area contributed by atoms with Gasteiger partial charge in [0.15, 0.2) is 0 Å². The Balaban J connectivity index is 2.34. The van der Waals surface area contributed by atoms with Crippen LogP contribution in [-0.2, 0) is 4.79 Å². The van der Waals surface area contributed by atoms with Crippen molar-refractivity contribution in [2.24, 2.45) is 5.73 Å². The fourth-order valence-corrected chi connectivity index (χ4v) is 2.04. The number of amides is 1. The fraction of sp³-hybridized carbons (Fsp3) is 0.462. The summed E-state index contributed by atoms with van der Waals surface area (Å²) in [6.45, 7) is 2.83. The summed E-state index contributed by atoms with van der Waals surface area (Å²) in [5, 5.41) is 3.32. The first-order chi connectivity index (χ1) is 8.50. The number of unbranched alkanes of at least 4 members (excludes halogenated alkanes) is 1. The van der Waals surface area contributed by atoms with Gasteiger partial charge in [-0.3, -0.25) is 4.79 Å². The first kappa shape index (κ1) is 15.1. The number of rotatable bonds is 7. The molecular weight excluding hydrogens is 299 g/mol. The molecule has 0 saturated carbocycles. The second kappa shape index (κ2) is 7.48. The molecule has 18 heavy (non-hydrogen) atoms. The molecule has 3 nitrogen and oxygen atoms in total. The maximum absolute atomic E-state index is 13.1. The first-order valence-corrected chi connectivity index (χ1v) is 6.76. The van der Waals surface area contributed by atoms with Crippen molar-refractivity contribution in [1.29, 1.82) is 0 Å². The molecule has 0 heterocycles. The lowest BCUT2D eigenvalue weighted by Gasteiger charge is -2.14. The summed E-state index contributed by atoms with van der Waals surface area (Å²) >= 11 is 3.17. The summed E-state index contributed by atoms with van der Waals surface area (Å²) < 4.78 is 13.6. The van der Waals surface area contributed by atoms with E-state index >= 15 is 0 Å². The van der Waals surface area contributed by atoms with Crippen LogP contribution in [0, 0.1) is 5.82 Å². The Morgan fingerprint density at radius 1 is 1.50 bits per heavy atom. The van der Waals surface area contributed by atoms with Gasteiger partial charge in [0.25, 0.3) is 0 Å². The number of primary amides is 1. The third-order valence-electron chi connectivity index (χ3n) is 2.74. The molecule has 0 aliphatic heterocycles. The largest absolute Gasteiger partial charge is 0.370 e. The minimum atomic E-state index is -0.259. The molecule has 0 bridgehead atoms. The van der Waals surface area contributed by atoms with Crippen molar-refractivity contribution in [2.75, 3.05) is 6.54 Å². The van der Waals surface area contributed by atoms with Gasteiger partial charge in [0, 0.05) is 12.5 Å². The lowest BCUT2D eigenvalue weighted by molar-refractivity contribution is -0.118. The Hall–Kier alpha value is -0.940. The van der Waals surface area contributed by atoms with E-state index < -0.39 is 0 Å². The molecule has 5 heteroatoms. The van der Waals surface area contributed by atoms with Gasteiger partial charge in [-0.2, -0.15) is 0 Å². The van der Waals surface area contributed by atoms with Crippen LogP contribution in [-0.4, -0.2) is 12.5 Å². The number of benzene rings is 1. The number of halogens is 2. The normalized spacial score (nSPS) is 12.4. The number of hydrogen-bond donors (Lipinski definition) is 2. The van der Waals surface area contributed by atoms with E-state index in [4.69, 9.17) is 5.73 Å². The zero-order chi connectivity index (χ0) is 13.5. The fourth-order valence-electron chi connectivity index (χ4n) is 1.64. The van der Waals surface area contributed by atoms with E-state index in [0.29, 0.717) is 10.9 Å². The van der Waals surface area contributed by atoms with Crippen molar-refractivity contribution < 1.29 is 9.18 Å². The molecule has 0 aromatic heterocycles. The summed E-state index contributed by atoms with van der Waals surface area (Å²) in [4.78, 5) is 10.5. The maximum atomic E-state index is 13.1. The van der Waals surface area contributed by atoms with Gasteiger partial charge in [-0.1, -0.05) is 6.07 Å². The van der Waals surface area contributed by atoms with Crippen LogP contribution in [0.4, 0.5) is 4.39 Å². The van der Waals surface area contributed by atoms with Crippen molar-refractivity contribution in [3.63, 3.8) is 0 Å². The lowest BCUT2D eigenvalue weighted by Crippen LogP contribution is -2.20. The van der Waals surface area contributed by atoms with Crippen LogP contribution < -0.4 is 11.1 Å². The Morgan fingerprint density at radius 3 is 2.83 bits per heavy atom. The summed E-state index contributed by atoms with van der Waals surface area (Å²) in [5.41, 5.74) is 6.08. The monoisotopic (exact) mass is 316 g/mol. The molecule has 0 radical (unpaired) electrons. The Morgan fingerprint density at radius 2 is 2.22 bits per heavy atom. The molecule has 1 amide bonds. The average molecular weight is 317 g/mol. The molecule has 1 atom stereocenters. The SMILES string of the molecule is CC(NCCCCC(N)=O)c1ccc(F)c(Br)c1. The van der Waals surface area contributed by atoms with E-state index in [1.807, 2.05) is 6.92 Å². The van der Waals surface area contributed by atoms with Crippen LogP contribution in [0.15, 0.2) is 22.7 Å². The molecule has 1 aromatic carbocycles. The number of carbonyl (C=O) groups excluding carboxylic acids is 1. The summed E-state index contributed by atoms with van der Waals surface area (Å²) in [6.07, 6.45) is 2.12. The zero-order valence-corrected chi connectivity index (χ0v) is 12.0. The molecule has 0 saturated heterocycles. The molecular formula is C13H18BrFN2O. The second-order valence-electron chi connectivity index (χ2n) is 4.27. The highest BCUT2D eigenvalue weighted by atomic mass is 79.9. The molecule has 1 rings (SSSR count). The second-order valence-corrected chi connectivity index (χ2v) is 5.13. The molecule has 1 aromatic rings. The highest BCUT2D eigenvalue weighted by Crippen LogP contribution is 2.21. The summed E-state index contributed by atoms with van der Waals surface area (Å²) in [6, 6.07) is 5.14. The van der Waals surface area contributed by atoms with Gasteiger partial charge in [-0.05, 0) is 59.9 Å². The van der Waals surface area contributed by atoms with Crippen molar-refractivity contribution in [3.05, 3.63) is 34.1 Å². The van der Waals surface area contributed by atoms with E-state index in [1.165, 1.54) is 6.07 Å². The average Bonchev–Trinajstić information content (AvgIpc) is 2.31. The summed E-state index contributed by atoms with van der Waals surface area (Å²) in [7, 11) is 0. The van der Waals surface area contributed by atoms with E-state index in [0.717, 1.165) is 24.9 Å². The minimum absolute atomic E-state index is 0.149. The van der Waals surface area contributed by atoms with Gasteiger partial charge in [0.1, 0.15) is 5.82 Å². The minimum Gasteiger partial charge on any atom is -0.370 e. The number of nitrogens with one attached hydrogen (secondary N) is 1. The zero-order valence-electron chi connectivity index (χ0n) is 10.4. The molecule has 0 spiro atoms. The number of nitrogens with two attached hydrogens (primary N) is 1. The Bertz CT molecular complexity index is 412. The van der Waals surface area contributed by atoms with Crippen LogP contribution in [0.2, 0.25) is 0 Å². The summed E-state index contributed by atoms with van der Waals surface area (Å²) in [5.74, 6) is -0.516. The van der Waals surface area contributed by atoms with Crippen molar-refractivity contribution >= 4 is 21.8 Å². The quantitative estimate of drug-likeness (QED) is 0.760. The van der Waals surface area contributed by atoms with Gasteiger partial charge >= 0.3 is 0 Å². The van der Waals surface area contributed by atoms with Gasteiger partial charge < -0.3 is 11.1 Å². The Kier molecular flexibility index (Phi) is 6.29. The smallest absolute Gasteiger partial charge is 0.217 e. The molecule has 3 N–H and O–H groups in total. The van der Waals surface area contributed by atoms with Crippen LogP contribution in [0.25, 0.3) is 0 Å². The lowest BCUT2D eigenvalue weighted by atomic mass is 10.1. The Labute approximate surface area is 115 Å². The van der Waals surface area contributed by atoms with Crippen molar-refractivity contribution in [1.82, 2.24) is 5.32 Å². The van der Waals surface area contributed by atoms with E-state index in [1.54, 1.807) is 12.1 Å². The molecule has 0 aliphatic rings. The van der Waals surface area contributed by atoms with Crippen LogP contribution in [0.5, 0.6) is 0 Å².